The number of carboxylic acid groups (broad SMARTS) is 1. The third-order valence-electron chi connectivity index (χ3n) is 6.74. The van der Waals surface area contributed by atoms with Gasteiger partial charge in [0, 0.05) is 28.7 Å². The molecular formula is C33H31N3O3S. The minimum Gasteiger partial charge on any atom is -0.481 e. The first-order valence-corrected chi connectivity index (χ1v) is 14.3. The quantitative estimate of drug-likeness (QED) is 0.179. The van der Waals surface area contributed by atoms with Crippen LogP contribution in [0.5, 0.6) is 0 Å². The molecule has 1 heterocycles. The van der Waals surface area contributed by atoms with Crippen LogP contribution < -0.4 is 10.2 Å². The Morgan fingerprint density at radius 3 is 2.35 bits per heavy atom. The van der Waals surface area contributed by atoms with Crippen molar-refractivity contribution in [3.8, 4) is 11.3 Å². The van der Waals surface area contributed by atoms with Gasteiger partial charge >= 0.3 is 5.97 Å². The number of carboxylic acids is 1. The molecule has 0 atom stereocenters. The Kier molecular flexibility index (Phi) is 8.52. The van der Waals surface area contributed by atoms with E-state index < -0.39 is 5.97 Å². The highest BCUT2D eigenvalue weighted by Gasteiger charge is 2.16. The lowest BCUT2D eigenvalue weighted by Crippen LogP contribution is -2.26. The van der Waals surface area contributed by atoms with Gasteiger partial charge in [0.2, 0.25) is 0 Å². The summed E-state index contributed by atoms with van der Waals surface area (Å²) in [5.74, 6) is -1.22. The number of aromatic nitrogens is 1. The molecule has 0 saturated heterocycles. The Morgan fingerprint density at radius 2 is 1.62 bits per heavy atom. The van der Waals surface area contributed by atoms with Crippen LogP contribution in [0.1, 0.15) is 41.3 Å². The first-order valence-electron chi connectivity index (χ1n) is 13.4. The summed E-state index contributed by atoms with van der Waals surface area (Å²) in [4.78, 5) is 30.4. The van der Waals surface area contributed by atoms with Crippen molar-refractivity contribution in [1.29, 1.82) is 0 Å². The zero-order chi connectivity index (χ0) is 27.9. The summed E-state index contributed by atoms with van der Waals surface area (Å²) in [6, 6.07) is 30.8. The summed E-state index contributed by atoms with van der Waals surface area (Å²) in [5, 5.41) is 16.8. The van der Waals surface area contributed by atoms with E-state index in [0.717, 1.165) is 40.5 Å². The summed E-state index contributed by atoms with van der Waals surface area (Å²) in [6.45, 7) is 2.86. The van der Waals surface area contributed by atoms with Gasteiger partial charge in [-0.2, -0.15) is 0 Å². The first-order chi connectivity index (χ1) is 19.5. The average molecular weight is 550 g/mol. The number of aryl methyl sites for hydroxylation is 1. The van der Waals surface area contributed by atoms with E-state index in [-0.39, 0.29) is 18.9 Å². The number of benzene rings is 4. The van der Waals surface area contributed by atoms with E-state index in [0.29, 0.717) is 12.1 Å². The van der Waals surface area contributed by atoms with Gasteiger partial charge in [-0.1, -0.05) is 74.0 Å². The molecule has 40 heavy (non-hydrogen) atoms. The Balaban J connectivity index is 1.40. The predicted molar refractivity (Wildman–Crippen MR) is 162 cm³/mol. The van der Waals surface area contributed by atoms with Crippen LogP contribution >= 0.6 is 11.3 Å². The van der Waals surface area contributed by atoms with Crippen LogP contribution in [-0.2, 0) is 17.8 Å². The maximum Gasteiger partial charge on any atom is 0.305 e. The molecule has 0 aliphatic rings. The first kappa shape index (κ1) is 27.1. The number of fused-ring (bicyclic) bond motifs is 1. The van der Waals surface area contributed by atoms with E-state index in [4.69, 9.17) is 10.1 Å². The van der Waals surface area contributed by atoms with Gasteiger partial charge in [0.05, 0.1) is 18.7 Å². The molecule has 202 valence electrons. The fourth-order valence-corrected chi connectivity index (χ4v) is 5.45. The van der Waals surface area contributed by atoms with E-state index in [2.05, 4.69) is 77.1 Å². The fraction of sp³-hybridized carbons (Fsp3) is 0.182. The highest BCUT2D eigenvalue weighted by Crippen LogP contribution is 2.34. The van der Waals surface area contributed by atoms with E-state index in [1.807, 2.05) is 24.3 Å². The van der Waals surface area contributed by atoms with Gasteiger partial charge in [0.1, 0.15) is 0 Å². The van der Waals surface area contributed by atoms with E-state index in [1.165, 1.54) is 16.3 Å². The van der Waals surface area contributed by atoms with Crippen LogP contribution in [0.25, 0.3) is 22.0 Å². The Labute approximate surface area is 237 Å². The van der Waals surface area contributed by atoms with Crippen molar-refractivity contribution in [3.05, 3.63) is 113 Å². The van der Waals surface area contributed by atoms with Gasteiger partial charge < -0.3 is 15.3 Å². The van der Waals surface area contributed by atoms with E-state index in [9.17, 15) is 9.59 Å². The van der Waals surface area contributed by atoms with Crippen molar-refractivity contribution in [2.24, 2.45) is 0 Å². The lowest BCUT2D eigenvalue weighted by Gasteiger charge is -2.23. The minimum atomic E-state index is -0.940. The average Bonchev–Trinajstić information content (AvgIpc) is 3.46. The number of thiazole rings is 1. The number of anilines is 2. The van der Waals surface area contributed by atoms with Gasteiger partial charge in [-0.05, 0) is 58.7 Å². The van der Waals surface area contributed by atoms with Gasteiger partial charge in [-0.25, -0.2) is 4.98 Å². The van der Waals surface area contributed by atoms with Crippen LogP contribution in [0.4, 0.5) is 10.8 Å². The third-order valence-corrected chi connectivity index (χ3v) is 7.60. The molecule has 0 aliphatic heterocycles. The molecule has 0 fully saturated rings. The molecule has 0 aliphatic carbocycles. The predicted octanol–water partition coefficient (Wildman–Crippen LogP) is 7.46. The summed E-state index contributed by atoms with van der Waals surface area (Å²) in [5.41, 5.74) is 5.90. The maximum atomic E-state index is 12.4. The number of aliphatic carboxylic acids is 1. The molecule has 0 unspecified atom stereocenters. The molecule has 1 amide bonds. The fourth-order valence-electron chi connectivity index (χ4n) is 4.60. The second kappa shape index (κ2) is 12.6. The number of hydrogen-bond acceptors (Lipinski definition) is 5. The number of carbonyl (C=O) groups is 2. The smallest absolute Gasteiger partial charge is 0.305 e. The van der Waals surface area contributed by atoms with E-state index in [1.54, 1.807) is 23.5 Å². The number of hydrogen-bond donors (Lipinski definition) is 2. The van der Waals surface area contributed by atoms with Crippen LogP contribution in [0.2, 0.25) is 0 Å². The van der Waals surface area contributed by atoms with Crippen molar-refractivity contribution in [1.82, 2.24) is 10.3 Å². The van der Waals surface area contributed by atoms with E-state index >= 15 is 0 Å². The Hall–Kier alpha value is -4.49. The molecule has 5 rings (SSSR count). The zero-order valence-electron chi connectivity index (χ0n) is 22.3. The summed E-state index contributed by atoms with van der Waals surface area (Å²) >= 11 is 1.61. The number of carbonyl (C=O) groups excluding carboxylic acids is 1. The normalized spacial score (nSPS) is 10.9. The van der Waals surface area contributed by atoms with Crippen LogP contribution in [0.15, 0.2) is 96.4 Å². The van der Waals surface area contributed by atoms with Crippen molar-refractivity contribution >= 4 is 44.8 Å². The SMILES string of the molecule is CCCc1ccc(N(Cc2ccc(C(=O)NCCC(=O)O)cc2)c2nc(-c3ccc4ccccc4c3)cs2)cc1. The zero-order valence-corrected chi connectivity index (χ0v) is 23.2. The largest absolute Gasteiger partial charge is 0.481 e. The minimum absolute atomic E-state index is 0.0985. The molecular weight excluding hydrogens is 518 g/mol. The standard InChI is InChI=1S/C33H31N3O3S/c1-2-5-23-10-16-29(17-11-23)36(21-24-8-12-26(13-9-24)32(39)34-19-18-31(37)38)33-35-30(22-40-33)28-15-14-25-6-3-4-7-27(25)20-28/h3-4,6-17,20,22H,2,5,18-19,21H2,1H3,(H,34,39)(H,37,38). The second-order valence-electron chi connectivity index (χ2n) is 9.68. The maximum absolute atomic E-state index is 12.4. The molecule has 5 aromatic rings. The number of rotatable bonds is 11. The molecule has 0 radical (unpaired) electrons. The third kappa shape index (κ3) is 6.55. The second-order valence-corrected chi connectivity index (χ2v) is 10.5. The highest BCUT2D eigenvalue weighted by molar-refractivity contribution is 7.14. The monoisotopic (exact) mass is 549 g/mol. The van der Waals surface area contributed by atoms with Crippen LogP contribution in [-0.4, -0.2) is 28.5 Å². The van der Waals surface area contributed by atoms with Crippen molar-refractivity contribution < 1.29 is 14.7 Å². The Bertz CT molecular complexity index is 1610. The number of amides is 1. The summed E-state index contributed by atoms with van der Waals surface area (Å²) < 4.78 is 0. The molecule has 6 nitrogen and oxygen atoms in total. The van der Waals surface area contributed by atoms with Crippen molar-refractivity contribution in [2.75, 3.05) is 11.4 Å². The molecule has 0 saturated carbocycles. The lowest BCUT2D eigenvalue weighted by atomic mass is 10.1. The van der Waals surface area contributed by atoms with Gasteiger partial charge in [0.25, 0.3) is 5.91 Å². The van der Waals surface area contributed by atoms with Gasteiger partial charge in [-0.3, -0.25) is 9.59 Å². The number of nitrogens with zero attached hydrogens (tertiary/aromatic N) is 2. The molecule has 0 bridgehead atoms. The summed E-state index contributed by atoms with van der Waals surface area (Å²) in [6.07, 6.45) is 2.03. The Morgan fingerprint density at radius 1 is 0.900 bits per heavy atom. The topological polar surface area (TPSA) is 82.5 Å². The molecule has 7 heteroatoms. The lowest BCUT2D eigenvalue weighted by molar-refractivity contribution is -0.136. The molecule has 1 aromatic heterocycles. The molecule has 4 aromatic carbocycles. The molecule has 0 spiro atoms. The van der Waals surface area contributed by atoms with Crippen LogP contribution in [0.3, 0.4) is 0 Å². The van der Waals surface area contributed by atoms with Crippen LogP contribution in [0, 0.1) is 0 Å². The van der Waals surface area contributed by atoms with Crippen molar-refractivity contribution in [2.45, 2.75) is 32.7 Å². The number of nitrogens with one attached hydrogen (secondary N) is 1. The van der Waals surface area contributed by atoms with Crippen molar-refractivity contribution in [3.63, 3.8) is 0 Å². The van der Waals surface area contributed by atoms with Gasteiger partial charge in [-0.15, -0.1) is 11.3 Å². The summed E-state index contributed by atoms with van der Waals surface area (Å²) in [7, 11) is 0. The highest BCUT2D eigenvalue weighted by atomic mass is 32.1. The molecule has 2 N–H and O–H groups in total. The van der Waals surface area contributed by atoms with Gasteiger partial charge in [0.15, 0.2) is 5.13 Å².